The summed E-state index contributed by atoms with van der Waals surface area (Å²) in [5, 5.41) is 3.50. The van der Waals surface area contributed by atoms with Crippen molar-refractivity contribution < 1.29 is 0 Å². The molecule has 0 fully saturated rings. The lowest BCUT2D eigenvalue weighted by Crippen LogP contribution is -2.18. The summed E-state index contributed by atoms with van der Waals surface area (Å²) < 4.78 is 0. The molecule has 90 valence electrons. The third-order valence-electron chi connectivity index (χ3n) is 2.62. The summed E-state index contributed by atoms with van der Waals surface area (Å²) in [5.74, 6) is 1.29. The van der Waals surface area contributed by atoms with Crippen molar-refractivity contribution in [2.45, 2.75) is 26.2 Å². The molecule has 0 spiro atoms. The first kappa shape index (κ1) is 13.6. The van der Waals surface area contributed by atoms with E-state index in [1.807, 2.05) is 11.8 Å². The number of thioether (sulfide) groups is 1. The number of nitrogens with one attached hydrogen (secondary N) is 1. The summed E-state index contributed by atoms with van der Waals surface area (Å²) >= 11 is 1.94. The maximum absolute atomic E-state index is 3.50. The maximum atomic E-state index is 3.50. The van der Waals surface area contributed by atoms with E-state index in [9.17, 15) is 0 Å². The Hall–Kier alpha value is -0.470. The summed E-state index contributed by atoms with van der Waals surface area (Å²) in [6.45, 7) is 4.41. The highest BCUT2D eigenvalue weighted by Gasteiger charge is 1.93. The van der Waals surface area contributed by atoms with Crippen LogP contribution in [0.25, 0.3) is 0 Å². The van der Waals surface area contributed by atoms with Crippen molar-refractivity contribution >= 4 is 11.8 Å². The molecule has 1 rings (SSSR count). The molecule has 0 bridgehead atoms. The minimum absolute atomic E-state index is 1.10. The van der Waals surface area contributed by atoms with Crippen molar-refractivity contribution in [1.82, 2.24) is 5.32 Å². The van der Waals surface area contributed by atoms with Crippen LogP contribution in [0.5, 0.6) is 0 Å². The largest absolute Gasteiger partial charge is 0.316 e. The van der Waals surface area contributed by atoms with E-state index in [1.54, 1.807) is 0 Å². The lowest BCUT2D eigenvalue weighted by molar-refractivity contribution is 0.642. The molecule has 1 aromatic carbocycles. The Morgan fingerprint density at radius 1 is 1.19 bits per heavy atom. The second kappa shape index (κ2) is 8.66. The van der Waals surface area contributed by atoms with Gasteiger partial charge in [-0.05, 0) is 56.8 Å². The Kier molecular flexibility index (Phi) is 7.35. The van der Waals surface area contributed by atoms with E-state index in [-0.39, 0.29) is 0 Å². The van der Waals surface area contributed by atoms with Crippen LogP contribution in [0, 0.1) is 6.92 Å². The number of unbranched alkanes of at least 4 members (excludes halogenated alkanes) is 1. The second-order valence-corrected chi connectivity index (χ2v) is 5.17. The molecule has 16 heavy (non-hydrogen) atoms. The van der Waals surface area contributed by atoms with Crippen LogP contribution in [0.1, 0.15) is 24.0 Å². The van der Waals surface area contributed by atoms with Crippen molar-refractivity contribution in [2.75, 3.05) is 25.1 Å². The smallest absolute Gasteiger partial charge is 0.000835 e. The Morgan fingerprint density at radius 3 is 2.81 bits per heavy atom. The normalized spacial score (nSPS) is 10.6. The van der Waals surface area contributed by atoms with Gasteiger partial charge in [0.25, 0.3) is 0 Å². The molecule has 0 saturated carbocycles. The number of hydrogen-bond acceptors (Lipinski definition) is 2. The SMILES string of the molecule is CSCCCCNCCc1cccc(C)c1. The fraction of sp³-hybridized carbons (Fsp3) is 0.571. The molecule has 1 nitrogen and oxygen atoms in total. The summed E-state index contributed by atoms with van der Waals surface area (Å²) in [6, 6.07) is 8.78. The molecular formula is C14H23NS. The third-order valence-corrected chi connectivity index (χ3v) is 3.32. The summed E-state index contributed by atoms with van der Waals surface area (Å²) in [6.07, 6.45) is 5.95. The first-order valence-corrected chi connectivity index (χ1v) is 7.47. The molecule has 0 aliphatic rings. The van der Waals surface area contributed by atoms with Crippen LogP contribution in [-0.4, -0.2) is 25.1 Å². The van der Waals surface area contributed by atoms with Crippen LogP contribution in [-0.2, 0) is 6.42 Å². The van der Waals surface area contributed by atoms with Gasteiger partial charge in [0.2, 0.25) is 0 Å². The first-order chi connectivity index (χ1) is 7.83. The first-order valence-electron chi connectivity index (χ1n) is 6.08. The average molecular weight is 237 g/mol. The predicted octanol–water partition coefficient (Wildman–Crippen LogP) is 3.27. The fourth-order valence-electron chi connectivity index (χ4n) is 1.72. The third kappa shape index (κ3) is 6.19. The monoisotopic (exact) mass is 237 g/mol. The zero-order valence-corrected chi connectivity index (χ0v) is 11.3. The minimum Gasteiger partial charge on any atom is -0.316 e. The van der Waals surface area contributed by atoms with E-state index in [1.165, 1.54) is 29.7 Å². The molecule has 2 heteroatoms. The summed E-state index contributed by atoms with van der Waals surface area (Å²) in [5.41, 5.74) is 2.80. The molecule has 0 aliphatic carbocycles. The minimum atomic E-state index is 1.10. The number of hydrogen-bond donors (Lipinski definition) is 1. The van der Waals surface area contributed by atoms with Crippen molar-refractivity contribution in [1.29, 1.82) is 0 Å². The van der Waals surface area contributed by atoms with Gasteiger partial charge in [0.15, 0.2) is 0 Å². The highest BCUT2D eigenvalue weighted by Crippen LogP contribution is 2.04. The Bertz CT molecular complexity index is 286. The van der Waals surface area contributed by atoms with Gasteiger partial charge in [-0.2, -0.15) is 11.8 Å². The van der Waals surface area contributed by atoms with Gasteiger partial charge >= 0.3 is 0 Å². The Morgan fingerprint density at radius 2 is 2.06 bits per heavy atom. The molecule has 0 aromatic heterocycles. The molecule has 0 unspecified atom stereocenters. The van der Waals surface area contributed by atoms with E-state index < -0.39 is 0 Å². The highest BCUT2D eigenvalue weighted by atomic mass is 32.2. The zero-order chi connectivity index (χ0) is 11.6. The van der Waals surface area contributed by atoms with Crippen molar-refractivity contribution in [3.05, 3.63) is 35.4 Å². The molecule has 0 heterocycles. The molecule has 0 atom stereocenters. The van der Waals surface area contributed by atoms with Gasteiger partial charge in [-0.1, -0.05) is 29.8 Å². The second-order valence-electron chi connectivity index (χ2n) is 4.19. The van der Waals surface area contributed by atoms with E-state index in [4.69, 9.17) is 0 Å². The molecule has 0 amide bonds. The van der Waals surface area contributed by atoms with E-state index in [2.05, 4.69) is 42.8 Å². The van der Waals surface area contributed by atoms with Crippen LogP contribution in [0.15, 0.2) is 24.3 Å². The number of aryl methyl sites for hydroxylation is 1. The van der Waals surface area contributed by atoms with Gasteiger partial charge in [0.05, 0.1) is 0 Å². The van der Waals surface area contributed by atoms with Gasteiger partial charge in [0.1, 0.15) is 0 Å². The molecule has 0 saturated heterocycles. The molecular weight excluding hydrogens is 214 g/mol. The van der Waals surface area contributed by atoms with E-state index in [0.717, 1.165) is 19.5 Å². The summed E-state index contributed by atoms with van der Waals surface area (Å²) in [7, 11) is 0. The number of rotatable bonds is 8. The van der Waals surface area contributed by atoms with Gasteiger partial charge in [0, 0.05) is 0 Å². The topological polar surface area (TPSA) is 12.0 Å². The van der Waals surface area contributed by atoms with Gasteiger partial charge in [-0.3, -0.25) is 0 Å². The molecule has 1 N–H and O–H groups in total. The lowest BCUT2D eigenvalue weighted by Gasteiger charge is -2.05. The van der Waals surface area contributed by atoms with Gasteiger partial charge in [-0.25, -0.2) is 0 Å². The number of benzene rings is 1. The highest BCUT2D eigenvalue weighted by molar-refractivity contribution is 7.98. The standard InChI is InChI=1S/C14H23NS/c1-13-6-5-7-14(12-13)8-10-15-9-3-4-11-16-2/h5-7,12,15H,3-4,8-11H2,1-2H3. The maximum Gasteiger partial charge on any atom is -0.000835 e. The lowest BCUT2D eigenvalue weighted by atomic mass is 10.1. The Labute approximate surface area is 104 Å². The average Bonchev–Trinajstić information content (AvgIpc) is 2.28. The van der Waals surface area contributed by atoms with Crippen LogP contribution < -0.4 is 5.32 Å². The fourth-order valence-corrected chi connectivity index (χ4v) is 2.21. The van der Waals surface area contributed by atoms with Gasteiger partial charge < -0.3 is 5.32 Å². The van der Waals surface area contributed by atoms with Crippen molar-refractivity contribution in [2.24, 2.45) is 0 Å². The summed E-state index contributed by atoms with van der Waals surface area (Å²) in [4.78, 5) is 0. The molecule has 0 radical (unpaired) electrons. The molecule has 1 aromatic rings. The Balaban J connectivity index is 2.03. The van der Waals surface area contributed by atoms with Crippen LogP contribution in [0.2, 0.25) is 0 Å². The van der Waals surface area contributed by atoms with Crippen molar-refractivity contribution in [3.63, 3.8) is 0 Å². The van der Waals surface area contributed by atoms with Crippen LogP contribution in [0.3, 0.4) is 0 Å². The van der Waals surface area contributed by atoms with E-state index >= 15 is 0 Å². The van der Waals surface area contributed by atoms with Crippen LogP contribution >= 0.6 is 11.8 Å². The molecule has 0 aliphatic heterocycles. The zero-order valence-electron chi connectivity index (χ0n) is 10.5. The predicted molar refractivity (Wildman–Crippen MR) is 75.4 cm³/mol. The quantitative estimate of drug-likeness (QED) is 0.696. The van der Waals surface area contributed by atoms with E-state index in [0.29, 0.717) is 0 Å². The van der Waals surface area contributed by atoms with Crippen molar-refractivity contribution in [3.8, 4) is 0 Å². The van der Waals surface area contributed by atoms with Gasteiger partial charge in [-0.15, -0.1) is 0 Å². The van der Waals surface area contributed by atoms with Crippen LogP contribution in [0.4, 0.5) is 0 Å².